The highest BCUT2D eigenvalue weighted by molar-refractivity contribution is 7.80. The number of ether oxygens (including phenoxy) is 1. The highest BCUT2D eigenvalue weighted by atomic mass is 32.1. The predicted molar refractivity (Wildman–Crippen MR) is 67.1 cm³/mol. The molecule has 86 valence electrons. The first kappa shape index (κ1) is 11.2. The van der Waals surface area contributed by atoms with Crippen LogP contribution < -0.4 is 15.4 Å². The second kappa shape index (κ2) is 5.14. The second-order valence-electron chi connectivity index (χ2n) is 3.64. The maximum Gasteiger partial charge on any atom is 0.168 e. The van der Waals surface area contributed by atoms with E-state index in [1.807, 2.05) is 18.2 Å². The molecule has 1 aliphatic heterocycles. The van der Waals surface area contributed by atoms with Gasteiger partial charge in [0.25, 0.3) is 0 Å². The van der Waals surface area contributed by atoms with E-state index in [9.17, 15) is 0 Å². The number of nitrogens with one attached hydrogen (secondary N) is 2. The molecule has 2 rings (SSSR count). The van der Waals surface area contributed by atoms with E-state index in [1.54, 1.807) is 7.11 Å². The first-order valence-electron chi connectivity index (χ1n) is 5.15. The van der Waals surface area contributed by atoms with E-state index >= 15 is 0 Å². The molecule has 1 aliphatic rings. The minimum Gasteiger partial charge on any atom is -0.496 e. The Morgan fingerprint density at radius 3 is 2.69 bits per heavy atom. The Morgan fingerprint density at radius 1 is 1.31 bits per heavy atom. The lowest BCUT2D eigenvalue weighted by Crippen LogP contribution is -2.53. The molecule has 0 unspecified atom stereocenters. The van der Waals surface area contributed by atoms with Crippen LogP contribution in [0.3, 0.4) is 0 Å². The molecule has 0 saturated carbocycles. The summed E-state index contributed by atoms with van der Waals surface area (Å²) in [6.45, 7) is 2.38. The van der Waals surface area contributed by atoms with Gasteiger partial charge in [0.2, 0.25) is 0 Å². The van der Waals surface area contributed by atoms with Crippen molar-refractivity contribution in [2.75, 3.05) is 20.4 Å². The Morgan fingerprint density at radius 2 is 2.00 bits per heavy atom. The van der Waals surface area contributed by atoms with Gasteiger partial charge in [-0.15, -0.1) is 0 Å². The Hall–Kier alpha value is -1.33. The van der Waals surface area contributed by atoms with Crippen molar-refractivity contribution in [1.29, 1.82) is 0 Å². The van der Waals surface area contributed by atoms with Crippen LogP contribution in [0.5, 0.6) is 5.75 Å². The average molecular weight is 237 g/mol. The van der Waals surface area contributed by atoms with Crippen LogP contribution in [0.15, 0.2) is 24.3 Å². The zero-order valence-electron chi connectivity index (χ0n) is 9.19. The fourth-order valence-corrected chi connectivity index (χ4v) is 1.80. The van der Waals surface area contributed by atoms with Gasteiger partial charge in [-0.2, -0.15) is 0 Å². The van der Waals surface area contributed by atoms with Gasteiger partial charge in [-0.25, -0.2) is 0 Å². The molecular formula is C11H15N3OS. The number of para-hydroxylation sites is 1. The molecule has 1 aromatic carbocycles. The molecule has 0 aromatic heterocycles. The fraction of sp³-hybridized carbons (Fsp3) is 0.364. The lowest BCUT2D eigenvalue weighted by atomic mass is 10.2. The number of benzene rings is 1. The van der Waals surface area contributed by atoms with Crippen molar-refractivity contribution in [3.63, 3.8) is 0 Å². The summed E-state index contributed by atoms with van der Waals surface area (Å²) in [7, 11) is 1.70. The normalized spacial score (nSPS) is 16.4. The molecule has 0 amide bonds. The molecule has 1 saturated heterocycles. The Bertz CT molecular complexity index is 373. The van der Waals surface area contributed by atoms with Gasteiger partial charge in [0.15, 0.2) is 5.11 Å². The van der Waals surface area contributed by atoms with Gasteiger partial charge in [0.1, 0.15) is 5.75 Å². The maximum atomic E-state index is 5.31. The third-order valence-electron chi connectivity index (χ3n) is 2.51. The molecule has 16 heavy (non-hydrogen) atoms. The number of hydrogen-bond acceptors (Lipinski definition) is 3. The van der Waals surface area contributed by atoms with E-state index in [1.165, 1.54) is 5.56 Å². The molecule has 1 aromatic rings. The molecule has 4 nitrogen and oxygen atoms in total. The van der Waals surface area contributed by atoms with E-state index in [-0.39, 0.29) is 0 Å². The molecule has 1 fully saturated rings. The SMILES string of the molecule is COc1ccccc1CN1CNC(=S)NC1. The van der Waals surface area contributed by atoms with Crippen molar-refractivity contribution < 1.29 is 4.74 Å². The maximum absolute atomic E-state index is 5.31. The lowest BCUT2D eigenvalue weighted by molar-refractivity contribution is 0.233. The van der Waals surface area contributed by atoms with E-state index in [0.29, 0.717) is 0 Å². The number of thiocarbonyl (C=S) groups is 1. The lowest BCUT2D eigenvalue weighted by Gasteiger charge is -2.29. The molecule has 0 aliphatic carbocycles. The largest absolute Gasteiger partial charge is 0.496 e. The van der Waals surface area contributed by atoms with Gasteiger partial charge in [-0.3, -0.25) is 4.90 Å². The molecule has 0 atom stereocenters. The van der Waals surface area contributed by atoms with Gasteiger partial charge in [-0.1, -0.05) is 18.2 Å². The van der Waals surface area contributed by atoms with Crippen LogP contribution in [0.1, 0.15) is 5.56 Å². The van der Waals surface area contributed by atoms with Crippen molar-refractivity contribution in [3.05, 3.63) is 29.8 Å². The summed E-state index contributed by atoms with van der Waals surface area (Å²) in [6, 6.07) is 8.05. The average Bonchev–Trinajstić information content (AvgIpc) is 2.33. The molecule has 2 N–H and O–H groups in total. The van der Waals surface area contributed by atoms with Crippen molar-refractivity contribution in [3.8, 4) is 5.75 Å². The van der Waals surface area contributed by atoms with Crippen LogP contribution in [0.2, 0.25) is 0 Å². The number of nitrogens with zero attached hydrogens (tertiary/aromatic N) is 1. The highest BCUT2D eigenvalue weighted by Gasteiger charge is 2.13. The second-order valence-corrected chi connectivity index (χ2v) is 4.05. The Kier molecular flexibility index (Phi) is 3.58. The fourth-order valence-electron chi connectivity index (χ4n) is 1.67. The van der Waals surface area contributed by atoms with E-state index < -0.39 is 0 Å². The Balaban J connectivity index is 2.00. The Labute approximate surface area is 101 Å². The highest BCUT2D eigenvalue weighted by Crippen LogP contribution is 2.18. The van der Waals surface area contributed by atoms with Gasteiger partial charge in [0, 0.05) is 12.1 Å². The quantitative estimate of drug-likeness (QED) is 0.764. The van der Waals surface area contributed by atoms with Crippen LogP contribution in [0.4, 0.5) is 0 Å². The van der Waals surface area contributed by atoms with Crippen molar-refractivity contribution >= 4 is 17.3 Å². The summed E-state index contributed by atoms with van der Waals surface area (Å²) in [5, 5.41) is 6.91. The smallest absolute Gasteiger partial charge is 0.168 e. The molecule has 5 heteroatoms. The summed E-state index contributed by atoms with van der Waals surface area (Å²) in [5.41, 5.74) is 1.18. The van der Waals surface area contributed by atoms with E-state index in [2.05, 4.69) is 21.6 Å². The third kappa shape index (κ3) is 2.62. The van der Waals surface area contributed by atoms with Crippen molar-refractivity contribution in [2.24, 2.45) is 0 Å². The zero-order valence-corrected chi connectivity index (χ0v) is 10.0. The molecule has 1 heterocycles. The van der Waals surface area contributed by atoms with E-state index in [4.69, 9.17) is 17.0 Å². The van der Waals surface area contributed by atoms with Crippen molar-refractivity contribution in [2.45, 2.75) is 6.54 Å². The van der Waals surface area contributed by atoms with Gasteiger partial charge >= 0.3 is 0 Å². The summed E-state index contributed by atoms with van der Waals surface area (Å²) < 4.78 is 5.31. The number of rotatable bonds is 3. The minimum atomic E-state index is 0.719. The monoisotopic (exact) mass is 237 g/mol. The predicted octanol–water partition coefficient (Wildman–Crippen LogP) is 0.890. The molecular weight excluding hydrogens is 222 g/mol. The molecule has 0 radical (unpaired) electrons. The summed E-state index contributed by atoms with van der Waals surface area (Å²) in [5.74, 6) is 0.927. The summed E-state index contributed by atoms with van der Waals surface area (Å²) in [6.07, 6.45) is 0. The van der Waals surface area contributed by atoms with Crippen LogP contribution in [-0.4, -0.2) is 30.5 Å². The van der Waals surface area contributed by atoms with Crippen LogP contribution >= 0.6 is 12.2 Å². The zero-order chi connectivity index (χ0) is 11.4. The van der Waals surface area contributed by atoms with Crippen molar-refractivity contribution in [1.82, 2.24) is 15.5 Å². The minimum absolute atomic E-state index is 0.719. The van der Waals surface area contributed by atoms with Crippen LogP contribution in [-0.2, 0) is 6.54 Å². The number of hydrogen-bond donors (Lipinski definition) is 2. The van der Waals surface area contributed by atoms with E-state index in [0.717, 1.165) is 30.7 Å². The van der Waals surface area contributed by atoms with Gasteiger partial charge in [0.05, 0.1) is 20.4 Å². The van der Waals surface area contributed by atoms with Gasteiger partial charge < -0.3 is 15.4 Å². The third-order valence-corrected chi connectivity index (χ3v) is 2.80. The topological polar surface area (TPSA) is 36.5 Å². The van der Waals surface area contributed by atoms with Gasteiger partial charge in [-0.05, 0) is 18.3 Å². The standard InChI is InChI=1S/C11H15N3OS/c1-15-10-5-3-2-4-9(10)6-14-7-12-11(16)13-8-14/h2-5H,6-8H2,1H3,(H2,12,13,16). The van der Waals surface area contributed by atoms with Crippen LogP contribution in [0, 0.1) is 0 Å². The summed E-state index contributed by atoms with van der Waals surface area (Å²) >= 11 is 5.00. The van der Waals surface area contributed by atoms with Crippen LogP contribution in [0.25, 0.3) is 0 Å². The number of methoxy groups -OCH3 is 1. The summed E-state index contributed by atoms with van der Waals surface area (Å²) in [4.78, 5) is 2.22. The molecule has 0 bridgehead atoms. The molecule has 0 spiro atoms. The first-order chi connectivity index (χ1) is 7.79. The first-order valence-corrected chi connectivity index (χ1v) is 5.56.